The van der Waals surface area contributed by atoms with Crippen LogP contribution in [0.5, 0.6) is 0 Å². The Hall–Kier alpha value is -2.92. The monoisotopic (exact) mass is 402 g/mol. The fraction of sp³-hybridized carbons (Fsp3) is 0.250. The lowest BCUT2D eigenvalue weighted by molar-refractivity contribution is -0.114. The van der Waals surface area contributed by atoms with E-state index < -0.39 is 0 Å². The van der Waals surface area contributed by atoms with E-state index in [1.807, 2.05) is 47.7 Å². The Labute approximate surface area is 173 Å². The summed E-state index contributed by atoms with van der Waals surface area (Å²) in [6, 6.07) is 13.9. The number of nitrogens with zero attached hydrogens (tertiary/aromatic N) is 1. The third kappa shape index (κ3) is 3.36. The smallest absolute Gasteiger partial charge is 0.221 e. The van der Waals surface area contributed by atoms with Crippen LogP contribution < -0.4 is 5.32 Å². The lowest BCUT2D eigenvalue weighted by Gasteiger charge is -2.18. The van der Waals surface area contributed by atoms with Gasteiger partial charge in [-0.2, -0.15) is 0 Å². The van der Waals surface area contributed by atoms with Gasteiger partial charge in [-0.05, 0) is 61.1 Å². The standard InChI is InChI=1S/C24H22N2O2S/c1-14-8-9-18-22(11-14)29-24-23(18)19(21-7-4-10-28-21)13-20(26-24)16-5-3-6-17(12-16)25-15(2)27/h3-7,10,12-14H,8-9,11H2,1-2H3,(H,25,27). The van der Waals surface area contributed by atoms with Crippen LogP contribution in [0.15, 0.2) is 53.1 Å². The zero-order valence-electron chi connectivity index (χ0n) is 16.5. The second kappa shape index (κ2) is 7.16. The molecule has 0 radical (unpaired) electrons. The first-order valence-corrected chi connectivity index (χ1v) is 10.8. The molecule has 1 amide bonds. The minimum Gasteiger partial charge on any atom is -0.464 e. The number of carbonyl (C=O) groups is 1. The molecule has 1 atom stereocenters. The van der Waals surface area contributed by atoms with Crippen LogP contribution in [0.3, 0.4) is 0 Å². The third-order valence-corrected chi connectivity index (χ3v) is 6.68. The molecule has 0 spiro atoms. The van der Waals surface area contributed by atoms with E-state index in [0.29, 0.717) is 0 Å². The quantitative estimate of drug-likeness (QED) is 0.437. The number of amides is 1. The molecule has 1 N–H and O–H groups in total. The van der Waals surface area contributed by atoms with Crippen LogP contribution in [-0.2, 0) is 17.6 Å². The number of benzene rings is 1. The van der Waals surface area contributed by atoms with Crippen LogP contribution >= 0.6 is 11.3 Å². The molecule has 0 aliphatic heterocycles. The highest BCUT2D eigenvalue weighted by molar-refractivity contribution is 7.19. The highest BCUT2D eigenvalue weighted by Gasteiger charge is 2.24. The van der Waals surface area contributed by atoms with Crippen molar-refractivity contribution in [1.82, 2.24) is 4.98 Å². The molecule has 3 aromatic heterocycles. The van der Waals surface area contributed by atoms with Gasteiger partial charge >= 0.3 is 0 Å². The number of hydrogen-bond donors (Lipinski definition) is 1. The maximum Gasteiger partial charge on any atom is 0.221 e. The van der Waals surface area contributed by atoms with Crippen molar-refractivity contribution in [3.8, 4) is 22.6 Å². The molecular weight excluding hydrogens is 380 g/mol. The summed E-state index contributed by atoms with van der Waals surface area (Å²) in [5.41, 5.74) is 5.19. The number of rotatable bonds is 3. The lowest BCUT2D eigenvalue weighted by Crippen LogP contribution is -2.08. The second-order valence-corrected chi connectivity index (χ2v) is 8.91. The first kappa shape index (κ1) is 18.1. The first-order valence-electron chi connectivity index (χ1n) is 9.95. The minimum absolute atomic E-state index is 0.0816. The highest BCUT2D eigenvalue weighted by Crippen LogP contribution is 2.43. The zero-order valence-corrected chi connectivity index (χ0v) is 17.3. The number of hydrogen-bond acceptors (Lipinski definition) is 4. The molecule has 5 rings (SSSR count). The van der Waals surface area contributed by atoms with Gasteiger partial charge in [0.05, 0.1) is 12.0 Å². The van der Waals surface area contributed by atoms with Crippen LogP contribution in [-0.4, -0.2) is 10.9 Å². The lowest BCUT2D eigenvalue weighted by atomic mass is 9.88. The van der Waals surface area contributed by atoms with Gasteiger partial charge < -0.3 is 9.73 Å². The van der Waals surface area contributed by atoms with Crippen molar-refractivity contribution in [3.63, 3.8) is 0 Å². The Kier molecular flexibility index (Phi) is 4.47. The van der Waals surface area contributed by atoms with E-state index in [2.05, 4.69) is 18.3 Å². The SMILES string of the molecule is CC(=O)Nc1cccc(-c2cc(-c3ccco3)c3c4c(sc3n2)CC(C)CC4)c1. The number of carbonyl (C=O) groups excluding carboxylic acids is 1. The van der Waals surface area contributed by atoms with E-state index in [-0.39, 0.29) is 5.91 Å². The molecule has 4 aromatic rings. The fourth-order valence-electron chi connectivity index (χ4n) is 4.18. The van der Waals surface area contributed by atoms with E-state index in [4.69, 9.17) is 9.40 Å². The van der Waals surface area contributed by atoms with E-state index in [1.165, 1.54) is 29.2 Å². The topological polar surface area (TPSA) is 55.1 Å². The predicted molar refractivity (Wildman–Crippen MR) is 118 cm³/mol. The van der Waals surface area contributed by atoms with Gasteiger partial charge in [-0.25, -0.2) is 4.98 Å². The molecular formula is C24H22N2O2S. The summed E-state index contributed by atoms with van der Waals surface area (Å²) < 4.78 is 5.80. The molecule has 1 aliphatic rings. The maximum atomic E-state index is 11.4. The van der Waals surface area contributed by atoms with Crippen LogP contribution in [0.4, 0.5) is 5.69 Å². The molecule has 29 heavy (non-hydrogen) atoms. The van der Waals surface area contributed by atoms with Crippen LogP contribution in [0, 0.1) is 5.92 Å². The second-order valence-electron chi connectivity index (χ2n) is 7.83. The molecule has 5 heteroatoms. The summed E-state index contributed by atoms with van der Waals surface area (Å²) in [5.74, 6) is 1.51. The van der Waals surface area contributed by atoms with Crippen molar-refractivity contribution < 1.29 is 9.21 Å². The van der Waals surface area contributed by atoms with Crippen LogP contribution in [0.25, 0.3) is 32.8 Å². The van der Waals surface area contributed by atoms with Crippen LogP contribution in [0.2, 0.25) is 0 Å². The number of anilines is 1. The van der Waals surface area contributed by atoms with Crippen molar-refractivity contribution in [2.45, 2.75) is 33.1 Å². The number of fused-ring (bicyclic) bond motifs is 3. The van der Waals surface area contributed by atoms with Gasteiger partial charge in [0.15, 0.2) is 0 Å². The van der Waals surface area contributed by atoms with Gasteiger partial charge in [-0.1, -0.05) is 19.1 Å². The summed E-state index contributed by atoms with van der Waals surface area (Å²) in [5, 5.41) is 4.10. The van der Waals surface area contributed by atoms with Crippen molar-refractivity contribution in [2.75, 3.05) is 5.32 Å². The molecule has 0 saturated heterocycles. The van der Waals surface area contributed by atoms with Gasteiger partial charge in [0, 0.05) is 34.0 Å². The molecule has 1 unspecified atom stereocenters. The molecule has 0 fully saturated rings. The fourth-order valence-corrected chi connectivity index (χ4v) is 5.58. The van der Waals surface area contributed by atoms with E-state index in [1.54, 1.807) is 6.26 Å². The number of aromatic nitrogens is 1. The molecule has 0 bridgehead atoms. The average Bonchev–Trinajstić information content (AvgIpc) is 3.34. The average molecular weight is 403 g/mol. The number of nitrogens with one attached hydrogen (secondary N) is 1. The number of pyridine rings is 1. The summed E-state index contributed by atoms with van der Waals surface area (Å²) >= 11 is 1.82. The summed E-state index contributed by atoms with van der Waals surface area (Å²) in [6.07, 6.45) is 5.17. The minimum atomic E-state index is -0.0816. The summed E-state index contributed by atoms with van der Waals surface area (Å²) in [6.45, 7) is 3.84. The van der Waals surface area contributed by atoms with Crippen molar-refractivity contribution in [3.05, 3.63) is 59.2 Å². The van der Waals surface area contributed by atoms with Gasteiger partial charge in [-0.15, -0.1) is 11.3 Å². The number of aryl methyl sites for hydroxylation is 1. The normalized spacial score (nSPS) is 16.0. The molecule has 1 aromatic carbocycles. The number of thiophene rings is 1. The Morgan fingerprint density at radius 2 is 2.14 bits per heavy atom. The molecule has 0 saturated carbocycles. The Bertz CT molecular complexity index is 1210. The summed E-state index contributed by atoms with van der Waals surface area (Å²) in [4.78, 5) is 19.0. The van der Waals surface area contributed by atoms with E-state index in [0.717, 1.165) is 51.9 Å². The van der Waals surface area contributed by atoms with Crippen LogP contribution in [0.1, 0.15) is 30.7 Å². The zero-order chi connectivity index (χ0) is 20.0. The van der Waals surface area contributed by atoms with Gasteiger partial charge in [-0.3, -0.25) is 4.79 Å². The Morgan fingerprint density at radius 1 is 1.24 bits per heavy atom. The van der Waals surface area contributed by atoms with Crippen molar-refractivity contribution in [2.24, 2.45) is 5.92 Å². The maximum absolute atomic E-state index is 11.4. The van der Waals surface area contributed by atoms with Crippen molar-refractivity contribution >= 4 is 33.1 Å². The molecule has 4 nitrogen and oxygen atoms in total. The van der Waals surface area contributed by atoms with Gasteiger partial charge in [0.2, 0.25) is 5.91 Å². The third-order valence-electron chi connectivity index (χ3n) is 5.53. The molecule has 1 aliphatic carbocycles. The Balaban J connectivity index is 1.71. The molecule has 3 heterocycles. The first-order chi connectivity index (χ1) is 14.1. The van der Waals surface area contributed by atoms with Gasteiger partial charge in [0.1, 0.15) is 10.6 Å². The largest absolute Gasteiger partial charge is 0.464 e. The Morgan fingerprint density at radius 3 is 2.93 bits per heavy atom. The van der Waals surface area contributed by atoms with Gasteiger partial charge in [0.25, 0.3) is 0 Å². The van der Waals surface area contributed by atoms with E-state index in [9.17, 15) is 4.79 Å². The highest BCUT2D eigenvalue weighted by atomic mass is 32.1. The van der Waals surface area contributed by atoms with Crippen molar-refractivity contribution in [1.29, 1.82) is 0 Å². The van der Waals surface area contributed by atoms with E-state index >= 15 is 0 Å². The predicted octanol–water partition coefficient (Wildman–Crippen LogP) is 6.31. The number of furan rings is 1. The summed E-state index contributed by atoms with van der Waals surface area (Å²) in [7, 11) is 0. The molecule has 146 valence electrons.